The largest absolute Gasteiger partial charge is 0.511 e. The summed E-state index contributed by atoms with van der Waals surface area (Å²) in [6, 6.07) is 0. The molecule has 5 heterocycles. The van der Waals surface area contributed by atoms with Crippen molar-refractivity contribution in [3.05, 3.63) is 91.5 Å². The van der Waals surface area contributed by atoms with E-state index in [9.17, 15) is 33.9 Å². The number of aliphatic hydroxyl groups excluding tert-OH is 1. The summed E-state index contributed by atoms with van der Waals surface area (Å²) < 4.78 is 28.8. The summed E-state index contributed by atoms with van der Waals surface area (Å²) in [5.74, 6) is -6.48. The fourth-order valence-electron chi connectivity index (χ4n) is 11.3. The van der Waals surface area contributed by atoms with Crippen molar-refractivity contribution in [3.63, 3.8) is 0 Å². The Bertz CT molecular complexity index is 3010. The highest BCUT2D eigenvalue weighted by Crippen LogP contribution is 2.47. The smallest absolute Gasteiger partial charge is 0.326 e. The Morgan fingerprint density at radius 2 is 1.10 bits per heavy atom. The van der Waals surface area contributed by atoms with Gasteiger partial charge in [-0.1, -0.05) is 40.0 Å². The molecule has 6 aliphatic rings. The molecule has 6 rings (SSSR count). The van der Waals surface area contributed by atoms with Crippen LogP contribution in [0.15, 0.2) is 106 Å². The van der Waals surface area contributed by atoms with Gasteiger partial charge in [0.2, 0.25) is 17.7 Å². The molecule has 2 N–H and O–H groups in total. The van der Waals surface area contributed by atoms with Crippen LogP contribution in [0.2, 0.25) is 0 Å². The molecule has 0 saturated carbocycles. The number of esters is 4. The Balaban J connectivity index is 1.44. The molecule has 5 aliphatic heterocycles. The van der Waals surface area contributed by atoms with Crippen LogP contribution in [0.25, 0.3) is 0 Å². The van der Waals surface area contributed by atoms with Crippen molar-refractivity contribution in [3.8, 4) is 0 Å². The van der Waals surface area contributed by atoms with Crippen molar-refractivity contribution in [2.24, 2.45) is 26.8 Å². The number of allylic oxidation sites excluding steroid dienone is 11. The van der Waals surface area contributed by atoms with Crippen molar-refractivity contribution in [2.75, 3.05) is 45.9 Å². The monoisotopic (exact) mass is 1210 g/mol. The molecular weight excluding hydrogens is 1110 g/mol. The van der Waals surface area contributed by atoms with Gasteiger partial charge in [0.05, 0.1) is 40.3 Å². The van der Waals surface area contributed by atoms with Gasteiger partial charge in [0.15, 0.2) is 0 Å². The molecule has 0 aromatic carbocycles. The number of hydrogen-bond acceptors (Lipinski definition) is 17. The molecule has 1 saturated heterocycles. The van der Waals surface area contributed by atoms with Crippen LogP contribution in [0.1, 0.15) is 183 Å². The SMILES string of the molecule is CCCCCCOC(C)C1=C(C)C2=NC1=CC1=NC(=CC3=C(C)C4=C(O)CC(=C5NC(=C2)[C@@H](C)[C@@H]5CCC(=O)N(CC(=O)N(CC(=O)OC(C)(C)C)CC(=O)OC(C)(C)C)CC(=O)N(CC(=O)OC(C)(C)C)CC(=O)OC(C)(C)C)C4=N3)C(CC)=C1C. The number of nitrogens with zero attached hydrogens (tertiary/aromatic N) is 6. The molecule has 20 nitrogen and oxygen atoms in total. The summed E-state index contributed by atoms with van der Waals surface area (Å²) >= 11 is 0. The third kappa shape index (κ3) is 18.4. The number of amides is 3. The molecule has 1 fully saturated rings. The first-order valence-corrected chi connectivity index (χ1v) is 30.7. The van der Waals surface area contributed by atoms with Crippen LogP contribution in [0.4, 0.5) is 0 Å². The number of fused-ring (bicyclic) bond motifs is 5. The maximum atomic E-state index is 15.2. The number of ether oxygens (including phenoxy) is 5. The number of aliphatic hydroxyl groups is 1. The maximum absolute atomic E-state index is 15.2. The zero-order valence-electron chi connectivity index (χ0n) is 55.1. The number of carbonyl (C=O) groups is 7. The number of rotatable bonds is 23. The van der Waals surface area contributed by atoms with Gasteiger partial charge in [-0.3, -0.25) is 33.6 Å². The Kier molecular flexibility index (Phi) is 22.1. The summed E-state index contributed by atoms with van der Waals surface area (Å²) in [6.07, 6.45) is 10.7. The van der Waals surface area contributed by atoms with E-state index in [0.29, 0.717) is 35.7 Å². The Hall–Kier alpha value is -7.22. The van der Waals surface area contributed by atoms with Crippen LogP contribution in [0.3, 0.4) is 0 Å². The van der Waals surface area contributed by atoms with E-state index in [1.54, 1.807) is 83.1 Å². The zero-order chi connectivity index (χ0) is 64.8. The van der Waals surface area contributed by atoms with E-state index in [0.717, 1.165) is 102 Å². The lowest BCUT2D eigenvalue weighted by molar-refractivity contribution is -0.164. The average molecular weight is 1210 g/mol. The lowest BCUT2D eigenvalue weighted by atomic mass is 9.86. The molecule has 1 aliphatic carbocycles. The van der Waals surface area contributed by atoms with E-state index in [-0.39, 0.29) is 37.0 Å². The van der Waals surface area contributed by atoms with Gasteiger partial charge in [-0.2, -0.15) is 0 Å². The number of aliphatic imine (C=N–C) groups is 3. The first-order valence-electron chi connectivity index (χ1n) is 30.7. The first kappa shape index (κ1) is 68.9. The van der Waals surface area contributed by atoms with Crippen LogP contribution >= 0.6 is 0 Å². The van der Waals surface area contributed by atoms with E-state index in [2.05, 4.69) is 33.0 Å². The maximum Gasteiger partial charge on any atom is 0.326 e. The number of unbranched alkanes of at least 4 members (excludes halogenated alkanes) is 3. The molecule has 8 bridgehead atoms. The van der Waals surface area contributed by atoms with Crippen LogP contribution < -0.4 is 5.32 Å². The molecule has 1 unspecified atom stereocenters. The van der Waals surface area contributed by atoms with Crippen molar-refractivity contribution in [1.82, 2.24) is 20.0 Å². The van der Waals surface area contributed by atoms with Gasteiger partial charge in [-0.05, 0) is 171 Å². The minimum absolute atomic E-state index is 0.134. The average Bonchev–Trinajstić information content (AvgIpc) is 1.62. The van der Waals surface area contributed by atoms with Gasteiger partial charge in [-0.15, -0.1) is 0 Å². The predicted octanol–water partition coefficient (Wildman–Crippen LogP) is 10.3. The lowest BCUT2D eigenvalue weighted by Crippen LogP contribution is -2.52. The number of hydrogen-bond donors (Lipinski definition) is 2. The van der Waals surface area contributed by atoms with E-state index >= 15 is 4.79 Å². The fourth-order valence-corrected chi connectivity index (χ4v) is 11.3. The predicted molar refractivity (Wildman–Crippen MR) is 334 cm³/mol. The second-order valence-electron chi connectivity index (χ2n) is 27.2. The number of carbonyl (C=O) groups excluding carboxylic acids is 7. The highest BCUT2D eigenvalue weighted by atomic mass is 16.6. The molecule has 3 amide bonds. The molecule has 0 spiro atoms. The van der Waals surface area contributed by atoms with Crippen molar-refractivity contribution in [2.45, 2.75) is 211 Å². The zero-order valence-corrected chi connectivity index (χ0v) is 55.1. The molecule has 87 heavy (non-hydrogen) atoms. The van der Waals surface area contributed by atoms with E-state index in [4.69, 9.17) is 38.7 Å². The van der Waals surface area contributed by atoms with Gasteiger partial charge in [-0.25, -0.2) is 15.0 Å². The van der Waals surface area contributed by atoms with E-state index in [1.165, 1.54) is 0 Å². The van der Waals surface area contributed by atoms with Crippen LogP contribution in [-0.4, -0.2) is 153 Å². The molecule has 0 aromatic rings. The Morgan fingerprint density at radius 3 is 1.59 bits per heavy atom. The van der Waals surface area contributed by atoms with Gasteiger partial charge < -0.3 is 48.8 Å². The molecule has 20 heteroatoms. The fraction of sp³-hybridized carbons (Fsp3) is 0.612. The minimum Gasteiger partial charge on any atom is -0.511 e. The van der Waals surface area contributed by atoms with E-state index < -0.39 is 109 Å². The molecule has 476 valence electrons. The van der Waals surface area contributed by atoms with Gasteiger partial charge in [0.25, 0.3) is 0 Å². The van der Waals surface area contributed by atoms with Gasteiger partial charge in [0, 0.05) is 59.4 Å². The molecule has 0 aromatic heterocycles. The molecule has 0 radical (unpaired) electrons. The lowest BCUT2D eigenvalue weighted by Gasteiger charge is -2.31. The summed E-state index contributed by atoms with van der Waals surface area (Å²) in [5.41, 5.74) is 8.07. The number of nitrogens with one attached hydrogen (secondary N) is 1. The van der Waals surface area contributed by atoms with Gasteiger partial charge in [0.1, 0.15) is 67.4 Å². The second-order valence-corrected chi connectivity index (χ2v) is 27.2. The van der Waals surface area contributed by atoms with Crippen molar-refractivity contribution >= 4 is 58.7 Å². The standard InChI is InChI=1S/C67H95N7O13/c1-20-22-23-24-27-83-42(7)60-40(5)48-29-47-39(4)44(62(70-47)45-28-52(75)61-41(6)49(71-63(45)61)30-50-43(21-2)38(3)46(68-50)31-51(60)69-48)25-26-53(76)72(32-54(77)73(34-56(79)84-64(8,9)10)35-57(80)85-65(11,12)13)33-55(78)74(36-58(81)86-66(14,15)16)37-59(82)87-67(17,18)19/h29-31,39,42,44,70,75H,20-28,32-37H2,1-19H3/t39-,42?,44-/m0/s1. The third-order valence-electron chi connectivity index (χ3n) is 15.2. The summed E-state index contributed by atoms with van der Waals surface area (Å²) in [4.78, 5) is 117. The quantitative estimate of drug-likeness (QED) is 0.0549. The first-order chi connectivity index (χ1) is 40.4. The van der Waals surface area contributed by atoms with Crippen molar-refractivity contribution < 1.29 is 62.4 Å². The highest BCUT2D eigenvalue weighted by Gasteiger charge is 2.43. The van der Waals surface area contributed by atoms with Crippen LogP contribution in [0, 0.1) is 11.8 Å². The minimum atomic E-state index is -0.969. The van der Waals surface area contributed by atoms with Crippen LogP contribution in [-0.2, 0) is 57.2 Å². The van der Waals surface area contributed by atoms with Crippen LogP contribution in [0.5, 0.6) is 0 Å². The molecular formula is C67H95N7O13. The summed E-state index contributed by atoms with van der Waals surface area (Å²) in [7, 11) is 0. The topological polar surface area (TPSA) is 245 Å². The summed E-state index contributed by atoms with van der Waals surface area (Å²) in [6.45, 7) is 30.3. The molecule has 3 atom stereocenters. The van der Waals surface area contributed by atoms with E-state index in [1.807, 2.05) is 39.0 Å². The Morgan fingerprint density at radius 1 is 0.621 bits per heavy atom. The normalized spacial score (nSPS) is 18.8. The Labute approximate surface area is 514 Å². The van der Waals surface area contributed by atoms with Gasteiger partial charge >= 0.3 is 23.9 Å². The summed E-state index contributed by atoms with van der Waals surface area (Å²) in [5, 5.41) is 15.6. The third-order valence-corrected chi connectivity index (χ3v) is 15.2. The highest BCUT2D eigenvalue weighted by molar-refractivity contribution is 6.21. The second kappa shape index (κ2) is 27.9. The van der Waals surface area contributed by atoms with Crippen molar-refractivity contribution in [1.29, 1.82) is 0 Å².